The van der Waals surface area contributed by atoms with E-state index in [0.717, 1.165) is 0 Å². The van der Waals surface area contributed by atoms with Crippen LogP contribution in [0, 0.1) is 18.6 Å². The van der Waals surface area contributed by atoms with E-state index in [1.54, 1.807) is 6.07 Å². The molecule has 0 aliphatic rings. The zero-order chi connectivity index (χ0) is 19.2. The van der Waals surface area contributed by atoms with Crippen molar-refractivity contribution in [1.29, 1.82) is 0 Å². The number of alkyl halides is 1. The highest BCUT2D eigenvalue weighted by atomic mass is 19.1. The maximum absolute atomic E-state index is 14.3. The molecule has 0 spiro atoms. The first-order chi connectivity index (χ1) is 12.5. The van der Waals surface area contributed by atoms with Crippen LogP contribution in [0.4, 0.5) is 13.2 Å². The van der Waals surface area contributed by atoms with Gasteiger partial charge in [-0.05, 0) is 13.0 Å². The van der Waals surface area contributed by atoms with Crippen LogP contribution in [0.25, 0.3) is 0 Å². The van der Waals surface area contributed by atoms with Crippen molar-refractivity contribution in [3.8, 4) is 0 Å². The Balaban J connectivity index is 0.00000117. The summed E-state index contributed by atoms with van der Waals surface area (Å²) >= 11 is 0. The number of nitrogens with zero attached hydrogens (tertiary/aromatic N) is 5. The van der Waals surface area contributed by atoms with Crippen molar-refractivity contribution in [3.63, 3.8) is 0 Å². The predicted molar refractivity (Wildman–Crippen MR) is 87.8 cm³/mol. The minimum absolute atomic E-state index is 0.00775. The topological polar surface area (TPSA) is 76.7 Å². The second-order valence-corrected chi connectivity index (χ2v) is 5.50. The van der Waals surface area contributed by atoms with Crippen molar-refractivity contribution in [1.82, 2.24) is 24.7 Å². The van der Waals surface area contributed by atoms with Crippen LogP contribution in [0.1, 0.15) is 17.0 Å². The maximum Gasteiger partial charge on any atom is 0.165 e. The first-order valence-corrected chi connectivity index (χ1v) is 7.63. The summed E-state index contributed by atoms with van der Waals surface area (Å²) in [5.74, 6) is -1.21. The molecule has 6 nitrogen and oxygen atoms in total. The second kappa shape index (κ2) is 8.52. The maximum atomic E-state index is 14.3. The molecule has 0 aliphatic heterocycles. The number of aryl methyl sites for hydroxylation is 1. The van der Waals surface area contributed by atoms with Crippen LogP contribution in [-0.2, 0) is 18.6 Å². The fraction of sp³-hybridized carbons (Fsp3) is 0.294. The van der Waals surface area contributed by atoms with Crippen LogP contribution in [0.15, 0.2) is 43.2 Å². The number of rotatable bonds is 5. The van der Waals surface area contributed by atoms with E-state index in [0.29, 0.717) is 7.18 Å². The highest BCUT2D eigenvalue weighted by molar-refractivity contribution is 5.27. The van der Waals surface area contributed by atoms with Gasteiger partial charge in [-0.2, -0.15) is 5.10 Å². The van der Waals surface area contributed by atoms with Gasteiger partial charge in [0.2, 0.25) is 0 Å². The van der Waals surface area contributed by atoms with Crippen molar-refractivity contribution < 1.29 is 18.3 Å². The summed E-state index contributed by atoms with van der Waals surface area (Å²) in [6.07, 6.45) is 3.68. The van der Waals surface area contributed by atoms with Gasteiger partial charge in [-0.15, -0.1) is 0 Å². The molecule has 1 unspecified atom stereocenters. The van der Waals surface area contributed by atoms with Gasteiger partial charge in [0, 0.05) is 12.0 Å². The molecule has 0 saturated carbocycles. The van der Waals surface area contributed by atoms with Crippen molar-refractivity contribution >= 4 is 0 Å². The molecule has 0 bridgehead atoms. The zero-order valence-corrected chi connectivity index (χ0v) is 14.3. The minimum atomic E-state index is -1.75. The molecule has 3 rings (SSSR count). The van der Waals surface area contributed by atoms with E-state index in [4.69, 9.17) is 0 Å². The molecule has 3 aromatic rings. The highest BCUT2D eigenvalue weighted by Crippen LogP contribution is 2.30. The van der Waals surface area contributed by atoms with E-state index in [1.165, 1.54) is 48.8 Å². The standard InChI is InChI=1S/C16H15F2N5O.CH3F/c1-11-15(18)14(21-9-20-11)6-16(24,7-23-10-19-8-22-23)12-4-2-3-5-13(12)17;1-2/h2-5,8-10,24H,6-7H2,1H3;1H3. The molecular formula is C17H18F3N5O. The highest BCUT2D eigenvalue weighted by Gasteiger charge is 2.35. The Morgan fingerprint density at radius 3 is 2.50 bits per heavy atom. The molecule has 9 heteroatoms. The van der Waals surface area contributed by atoms with E-state index in [9.17, 15) is 18.3 Å². The van der Waals surface area contributed by atoms with Gasteiger partial charge in [0.25, 0.3) is 0 Å². The number of hydrogen-bond donors (Lipinski definition) is 1. The Labute approximate surface area is 148 Å². The van der Waals surface area contributed by atoms with Gasteiger partial charge >= 0.3 is 0 Å². The summed E-state index contributed by atoms with van der Waals surface area (Å²) in [5, 5.41) is 15.1. The van der Waals surface area contributed by atoms with Gasteiger partial charge < -0.3 is 5.11 Å². The van der Waals surface area contributed by atoms with Gasteiger partial charge in [-0.25, -0.2) is 28.4 Å². The second-order valence-electron chi connectivity index (χ2n) is 5.50. The van der Waals surface area contributed by atoms with Crippen molar-refractivity contribution in [2.45, 2.75) is 25.5 Å². The number of aromatic nitrogens is 5. The van der Waals surface area contributed by atoms with E-state index < -0.39 is 17.2 Å². The molecule has 26 heavy (non-hydrogen) atoms. The number of aliphatic hydroxyl groups is 1. The van der Waals surface area contributed by atoms with Gasteiger partial charge in [-0.1, -0.05) is 18.2 Å². The van der Waals surface area contributed by atoms with Crippen LogP contribution in [-0.4, -0.2) is 37.0 Å². The lowest BCUT2D eigenvalue weighted by Crippen LogP contribution is -2.36. The fourth-order valence-electron chi connectivity index (χ4n) is 2.56. The fourth-order valence-corrected chi connectivity index (χ4v) is 2.56. The first kappa shape index (κ1) is 19.5. The van der Waals surface area contributed by atoms with Gasteiger partial charge in [0.15, 0.2) is 5.82 Å². The molecule has 2 heterocycles. The van der Waals surface area contributed by atoms with Crippen LogP contribution in [0.3, 0.4) is 0 Å². The van der Waals surface area contributed by atoms with Gasteiger partial charge in [0.1, 0.15) is 30.4 Å². The third-order valence-electron chi connectivity index (χ3n) is 3.76. The van der Waals surface area contributed by atoms with Crippen LogP contribution < -0.4 is 0 Å². The van der Waals surface area contributed by atoms with Crippen molar-refractivity contribution in [2.75, 3.05) is 7.18 Å². The predicted octanol–water partition coefficient (Wildman–Crippen LogP) is 2.37. The third-order valence-corrected chi connectivity index (χ3v) is 3.76. The minimum Gasteiger partial charge on any atom is -0.383 e. The van der Waals surface area contributed by atoms with Crippen LogP contribution in [0.5, 0.6) is 0 Å². The summed E-state index contributed by atoms with van der Waals surface area (Å²) in [5.41, 5.74) is -1.54. The van der Waals surface area contributed by atoms with Crippen LogP contribution >= 0.6 is 0 Å². The summed E-state index contributed by atoms with van der Waals surface area (Å²) < 4.78 is 39.4. The van der Waals surface area contributed by atoms with E-state index in [-0.39, 0.29) is 29.9 Å². The Morgan fingerprint density at radius 2 is 1.85 bits per heavy atom. The van der Waals surface area contributed by atoms with E-state index in [2.05, 4.69) is 20.1 Å². The number of halogens is 3. The summed E-state index contributed by atoms with van der Waals surface area (Å²) in [6, 6.07) is 5.82. The van der Waals surface area contributed by atoms with Gasteiger partial charge in [0.05, 0.1) is 25.1 Å². The Kier molecular flexibility index (Phi) is 6.40. The van der Waals surface area contributed by atoms with E-state index >= 15 is 0 Å². The Morgan fingerprint density at radius 1 is 1.12 bits per heavy atom. The summed E-state index contributed by atoms with van der Waals surface area (Å²) in [7, 11) is 0.500. The molecule has 0 radical (unpaired) electrons. The Bertz CT molecular complexity index is 844. The van der Waals surface area contributed by atoms with Crippen LogP contribution in [0.2, 0.25) is 0 Å². The van der Waals surface area contributed by atoms with Gasteiger partial charge in [-0.3, -0.25) is 4.39 Å². The number of benzene rings is 1. The smallest absolute Gasteiger partial charge is 0.165 e. The SMILES string of the molecule is CF.Cc1ncnc(CC(O)(Cn2cncn2)c2ccccc2F)c1F. The molecular weight excluding hydrogens is 347 g/mol. The molecule has 0 amide bonds. The lowest BCUT2D eigenvalue weighted by molar-refractivity contribution is 0.00996. The third kappa shape index (κ3) is 4.23. The first-order valence-electron chi connectivity index (χ1n) is 7.63. The van der Waals surface area contributed by atoms with Crippen molar-refractivity contribution in [3.05, 3.63) is 71.8 Å². The molecule has 0 fully saturated rings. The lowest BCUT2D eigenvalue weighted by atomic mass is 9.88. The average molecular weight is 365 g/mol. The molecule has 1 aromatic carbocycles. The molecule has 138 valence electrons. The summed E-state index contributed by atoms with van der Waals surface area (Å²) in [6.45, 7) is 1.40. The number of hydrogen-bond acceptors (Lipinski definition) is 5. The zero-order valence-electron chi connectivity index (χ0n) is 14.3. The largest absolute Gasteiger partial charge is 0.383 e. The molecule has 1 N–H and O–H groups in total. The molecule has 1 atom stereocenters. The monoisotopic (exact) mass is 365 g/mol. The quantitative estimate of drug-likeness (QED) is 0.751. The van der Waals surface area contributed by atoms with E-state index in [1.807, 2.05) is 0 Å². The molecule has 0 saturated heterocycles. The lowest BCUT2D eigenvalue weighted by Gasteiger charge is -2.28. The summed E-state index contributed by atoms with van der Waals surface area (Å²) in [4.78, 5) is 11.5. The van der Waals surface area contributed by atoms with Crippen molar-refractivity contribution in [2.24, 2.45) is 0 Å². The normalized spacial score (nSPS) is 12.8. The Hall–Kier alpha value is -2.81. The average Bonchev–Trinajstić information content (AvgIpc) is 3.14. The molecule has 2 aromatic heterocycles. The molecule has 0 aliphatic carbocycles.